The van der Waals surface area contributed by atoms with E-state index in [2.05, 4.69) is 35.9 Å². The van der Waals surface area contributed by atoms with Gasteiger partial charge in [-0.3, -0.25) is 9.59 Å². The normalized spacial score (nSPS) is 12.5. The summed E-state index contributed by atoms with van der Waals surface area (Å²) in [6.07, 6.45) is 1.61. The van der Waals surface area contributed by atoms with Crippen LogP contribution in [0.25, 0.3) is 0 Å². The van der Waals surface area contributed by atoms with E-state index in [-0.39, 0.29) is 18.4 Å². The van der Waals surface area contributed by atoms with Crippen LogP contribution in [0.15, 0.2) is 52.3 Å². The van der Waals surface area contributed by atoms with E-state index in [1.807, 2.05) is 0 Å². The number of amides is 2. The summed E-state index contributed by atoms with van der Waals surface area (Å²) in [4.78, 5) is 38.7. The van der Waals surface area contributed by atoms with Gasteiger partial charge in [-0.25, -0.2) is 4.79 Å². The zero-order valence-corrected chi connectivity index (χ0v) is 20.1. The first-order chi connectivity index (χ1) is 15.7. The highest BCUT2D eigenvalue weighted by Crippen LogP contribution is 2.17. The zero-order chi connectivity index (χ0) is 24.4. The van der Waals surface area contributed by atoms with Crippen LogP contribution in [0.3, 0.4) is 0 Å². The van der Waals surface area contributed by atoms with Crippen LogP contribution in [0.4, 0.5) is 0 Å². The number of methoxy groups -OCH3 is 1. The largest absolute Gasteiger partial charge is 0.497 e. The molecule has 0 aliphatic carbocycles. The Balaban J connectivity index is 2.23. The van der Waals surface area contributed by atoms with Gasteiger partial charge in [-0.05, 0) is 61.7 Å². The van der Waals surface area contributed by atoms with Gasteiger partial charge in [0, 0.05) is 21.8 Å². The lowest BCUT2D eigenvalue weighted by Crippen LogP contribution is -2.52. The predicted molar refractivity (Wildman–Crippen MR) is 131 cm³/mol. The van der Waals surface area contributed by atoms with Gasteiger partial charge in [-0.15, -0.1) is 25.3 Å². The highest BCUT2D eigenvalue weighted by molar-refractivity contribution is 7.81. The van der Waals surface area contributed by atoms with Crippen molar-refractivity contribution >= 4 is 43.0 Å². The molecule has 33 heavy (non-hydrogen) atoms. The van der Waals surface area contributed by atoms with E-state index in [1.54, 1.807) is 49.6 Å². The zero-order valence-electron chi connectivity index (χ0n) is 18.3. The number of rotatable bonds is 12. The molecule has 0 fully saturated rings. The molecule has 0 saturated heterocycles. The van der Waals surface area contributed by atoms with Crippen molar-refractivity contribution in [2.24, 2.45) is 5.73 Å². The maximum atomic E-state index is 13.1. The van der Waals surface area contributed by atoms with Crippen LogP contribution in [-0.2, 0) is 16.0 Å². The Bertz CT molecular complexity index is 949. The summed E-state index contributed by atoms with van der Waals surface area (Å²) < 4.78 is 5.15. The minimum absolute atomic E-state index is 0.158. The number of ether oxygens (including phenoxy) is 1. The lowest BCUT2D eigenvalue weighted by molar-refractivity contribution is -0.142. The molecule has 8 nitrogen and oxygen atoms in total. The van der Waals surface area contributed by atoms with E-state index in [0.29, 0.717) is 34.9 Å². The second kappa shape index (κ2) is 13.1. The SMILES string of the molecule is COc1ccc(C[C@H](NC(=O)c2cc(S)cc(S)c2)C(=O)N[C@@H](CCCCN)C(=O)O)cc1. The third-order valence-electron chi connectivity index (χ3n) is 4.95. The van der Waals surface area contributed by atoms with Crippen LogP contribution in [-0.4, -0.2) is 48.6 Å². The Kier molecular flexibility index (Phi) is 10.6. The van der Waals surface area contributed by atoms with Crippen LogP contribution < -0.4 is 21.1 Å². The first kappa shape index (κ1) is 26.6. The number of nitrogens with two attached hydrogens (primary N) is 1. The van der Waals surface area contributed by atoms with Crippen molar-refractivity contribution in [3.63, 3.8) is 0 Å². The number of carboxylic acid groups (broad SMARTS) is 1. The molecule has 178 valence electrons. The summed E-state index contributed by atoms with van der Waals surface area (Å²) in [5.41, 5.74) is 6.53. The molecule has 0 aliphatic heterocycles. The molecule has 2 atom stereocenters. The van der Waals surface area contributed by atoms with E-state index in [9.17, 15) is 19.5 Å². The molecule has 5 N–H and O–H groups in total. The first-order valence-electron chi connectivity index (χ1n) is 10.4. The molecule has 0 radical (unpaired) electrons. The molecule has 0 aromatic heterocycles. The quantitative estimate of drug-likeness (QED) is 0.200. The molecule has 2 rings (SSSR count). The third-order valence-corrected chi connectivity index (χ3v) is 5.46. The number of carbonyl (C=O) groups excluding carboxylic acids is 2. The van der Waals surface area contributed by atoms with Crippen molar-refractivity contribution in [1.29, 1.82) is 0 Å². The number of hydrogen-bond donors (Lipinski definition) is 6. The van der Waals surface area contributed by atoms with Gasteiger partial charge in [0.15, 0.2) is 0 Å². The molecule has 0 aliphatic rings. The van der Waals surface area contributed by atoms with Gasteiger partial charge in [0.1, 0.15) is 17.8 Å². The predicted octanol–water partition coefficient (Wildman–Crippen LogP) is 2.31. The molecule has 0 unspecified atom stereocenters. The van der Waals surface area contributed by atoms with Gasteiger partial charge in [0.25, 0.3) is 5.91 Å². The Morgan fingerprint density at radius 1 is 1.00 bits per heavy atom. The van der Waals surface area contributed by atoms with E-state index < -0.39 is 29.9 Å². The number of unbranched alkanes of at least 4 members (excludes halogenated alkanes) is 1. The number of benzene rings is 2. The molecule has 10 heteroatoms. The Morgan fingerprint density at radius 2 is 1.64 bits per heavy atom. The van der Waals surface area contributed by atoms with Crippen LogP contribution >= 0.6 is 25.3 Å². The monoisotopic (exact) mass is 491 g/mol. The Hall–Kier alpha value is -2.69. The van der Waals surface area contributed by atoms with Crippen molar-refractivity contribution in [3.8, 4) is 5.75 Å². The summed E-state index contributed by atoms with van der Waals surface area (Å²) in [7, 11) is 1.55. The van der Waals surface area contributed by atoms with Crippen LogP contribution in [0.2, 0.25) is 0 Å². The molecule has 0 saturated carbocycles. The molecular formula is C23H29N3O5S2. The van der Waals surface area contributed by atoms with Gasteiger partial charge in [-0.2, -0.15) is 0 Å². The summed E-state index contributed by atoms with van der Waals surface area (Å²) in [6.45, 7) is 0.438. The average molecular weight is 492 g/mol. The highest BCUT2D eigenvalue weighted by Gasteiger charge is 2.27. The standard InChI is InChI=1S/C23H29N3O5S2/c1-31-16-7-5-14(6-8-16)10-20(22(28)25-19(23(29)30)4-2-3-9-24)26-21(27)15-11-17(32)13-18(33)12-15/h5-8,11-13,19-20,32-33H,2-4,9-10,24H2,1H3,(H,25,28)(H,26,27)(H,29,30)/t19-,20-/m0/s1. The second-order valence-electron chi connectivity index (χ2n) is 7.50. The number of carboxylic acids is 1. The summed E-state index contributed by atoms with van der Waals surface area (Å²) in [6, 6.07) is 9.78. The van der Waals surface area contributed by atoms with Crippen molar-refractivity contribution in [2.75, 3.05) is 13.7 Å². The fourth-order valence-electron chi connectivity index (χ4n) is 3.20. The van der Waals surface area contributed by atoms with Gasteiger partial charge < -0.3 is 26.2 Å². The minimum atomic E-state index is -1.14. The highest BCUT2D eigenvalue weighted by atomic mass is 32.1. The molecule has 0 heterocycles. The summed E-state index contributed by atoms with van der Waals surface area (Å²) in [5, 5.41) is 14.8. The van der Waals surface area contributed by atoms with Gasteiger partial charge >= 0.3 is 5.97 Å². The third kappa shape index (κ3) is 8.64. The van der Waals surface area contributed by atoms with Gasteiger partial charge in [0.2, 0.25) is 5.91 Å². The summed E-state index contributed by atoms with van der Waals surface area (Å²) in [5.74, 6) is -1.57. The number of thiol groups is 2. The van der Waals surface area contributed by atoms with E-state index in [4.69, 9.17) is 10.5 Å². The average Bonchev–Trinajstić information content (AvgIpc) is 2.77. The molecule has 2 amide bonds. The van der Waals surface area contributed by atoms with E-state index in [0.717, 1.165) is 5.56 Å². The fourth-order valence-corrected chi connectivity index (χ4v) is 3.86. The van der Waals surface area contributed by atoms with Crippen molar-refractivity contribution in [3.05, 3.63) is 53.6 Å². The summed E-state index contributed by atoms with van der Waals surface area (Å²) >= 11 is 8.53. The van der Waals surface area contributed by atoms with Crippen LogP contribution in [0.5, 0.6) is 5.75 Å². The van der Waals surface area contributed by atoms with Crippen LogP contribution in [0, 0.1) is 0 Å². The molecule has 0 bridgehead atoms. The maximum absolute atomic E-state index is 13.1. The lowest BCUT2D eigenvalue weighted by atomic mass is 10.0. The molecule has 2 aromatic rings. The van der Waals surface area contributed by atoms with Gasteiger partial charge in [0.05, 0.1) is 7.11 Å². The maximum Gasteiger partial charge on any atom is 0.326 e. The Labute approximate surface area is 204 Å². The molecule has 0 spiro atoms. The molecule has 2 aromatic carbocycles. The fraction of sp³-hybridized carbons (Fsp3) is 0.348. The number of carbonyl (C=O) groups is 3. The second-order valence-corrected chi connectivity index (χ2v) is 8.53. The minimum Gasteiger partial charge on any atom is -0.497 e. The molecular weight excluding hydrogens is 462 g/mol. The smallest absolute Gasteiger partial charge is 0.326 e. The number of aliphatic carboxylic acids is 1. The van der Waals surface area contributed by atoms with Crippen molar-refractivity contribution in [2.45, 2.75) is 47.6 Å². The first-order valence-corrected chi connectivity index (χ1v) is 11.3. The van der Waals surface area contributed by atoms with Crippen molar-refractivity contribution < 1.29 is 24.2 Å². The van der Waals surface area contributed by atoms with E-state index in [1.165, 1.54) is 0 Å². The Morgan fingerprint density at radius 3 is 2.18 bits per heavy atom. The number of hydrogen-bond acceptors (Lipinski definition) is 7. The van der Waals surface area contributed by atoms with Crippen LogP contribution in [0.1, 0.15) is 35.2 Å². The topological polar surface area (TPSA) is 131 Å². The van der Waals surface area contributed by atoms with E-state index >= 15 is 0 Å². The van der Waals surface area contributed by atoms with Crippen molar-refractivity contribution in [1.82, 2.24) is 10.6 Å². The lowest BCUT2D eigenvalue weighted by Gasteiger charge is -2.22. The van der Waals surface area contributed by atoms with Gasteiger partial charge in [-0.1, -0.05) is 12.1 Å². The number of nitrogens with one attached hydrogen (secondary N) is 2.